The van der Waals surface area contributed by atoms with E-state index < -0.39 is 0 Å². The largest absolute Gasteiger partial charge is 0.492 e. The normalized spacial score (nSPS) is 11.2. The van der Waals surface area contributed by atoms with Crippen molar-refractivity contribution >= 4 is 5.96 Å². The molecule has 1 heterocycles. The molecule has 0 amide bonds. The Kier molecular flexibility index (Phi) is 6.86. The predicted molar refractivity (Wildman–Crippen MR) is 108 cm³/mol. The van der Waals surface area contributed by atoms with Crippen LogP contribution in [-0.4, -0.2) is 35.7 Å². The van der Waals surface area contributed by atoms with Crippen LogP contribution in [0.25, 0.3) is 0 Å². The molecule has 0 bridgehead atoms. The minimum Gasteiger partial charge on any atom is -0.492 e. The molecule has 140 valence electrons. The highest BCUT2D eigenvalue weighted by Gasteiger charge is 2.01. The fourth-order valence-electron chi connectivity index (χ4n) is 2.69. The zero-order chi connectivity index (χ0) is 18.7. The minimum atomic E-state index is 0.575. The first-order valence-electron chi connectivity index (χ1n) is 8.99. The Hall–Kier alpha value is -3.28. The van der Waals surface area contributed by atoms with Gasteiger partial charge in [-0.15, -0.1) is 0 Å². The summed E-state index contributed by atoms with van der Waals surface area (Å²) in [7, 11) is 1.77. The highest BCUT2D eigenvalue weighted by atomic mass is 16.5. The lowest BCUT2D eigenvalue weighted by atomic mass is 10.1. The van der Waals surface area contributed by atoms with Gasteiger partial charge in [0.25, 0.3) is 0 Å². The quantitative estimate of drug-likeness (QED) is 0.367. The van der Waals surface area contributed by atoms with E-state index in [1.807, 2.05) is 42.9 Å². The maximum atomic E-state index is 5.68. The smallest absolute Gasteiger partial charge is 0.191 e. The Balaban J connectivity index is 1.42. The number of nitrogens with zero attached hydrogens (tertiary/aromatic N) is 3. The lowest BCUT2D eigenvalue weighted by molar-refractivity contribution is 0.322. The Morgan fingerprint density at radius 2 is 1.93 bits per heavy atom. The Bertz CT molecular complexity index is 831. The molecule has 0 aliphatic heterocycles. The molecule has 0 fully saturated rings. The maximum Gasteiger partial charge on any atom is 0.191 e. The van der Waals surface area contributed by atoms with Gasteiger partial charge >= 0.3 is 0 Å². The van der Waals surface area contributed by atoms with Gasteiger partial charge in [-0.25, -0.2) is 4.98 Å². The number of nitrogens with one attached hydrogen (secondary N) is 2. The molecule has 27 heavy (non-hydrogen) atoms. The summed E-state index contributed by atoms with van der Waals surface area (Å²) in [5.74, 6) is 1.63. The minimum absolute atomic E-state index is 0.575. The molecule has 6 nitrogen and oxygen atoms in total. The SMILES string of the molecule is CN=C(NCCOc1ccccc1)NCc1cccc(Cn2ccnc2)c1. The van der Waals surface area contributed by atoms with Crippen molar-refractivity contribution in [2.45, 2.75) is 13.1 Å². The molecule has 0 saturated heterocycles. The molecule has 3 rings (SSSR count). The van der Waals surface area contributed by atoms with E-state index in [-0.39, 0.29) is 0 Å². The van der Waals surface area contributed by atoms with Crippen LogP contribution in [0.1, 0.15) is 11.1 Å². The number of aromatic nitrogens is 2. The van der Waals surface area contributed by atoms with Crippen molar-refractivity contribution in [3.8, 4) is 5.75 Å². The summed E-state index contributed by atoms with van der Waals surface area (Å²) in [6.07, 6.45) is 5.59. The highest BCUT2D eigenvalue weighted by Crippen LogP contribution is 2.08. The first-order chi connectivity index (χ1) is 13.3. The topological polar surface area (TPSA) is 63.5 Å². The Morgan fingerprint density at radius 3 is 2.70 bits per heavy atom. The molecular formula is C21H25N5O. The molecule has 0 unspecified atom stereocenters. The van der Waals surface area contributed by atoms with E-state index in [9.17, 15) is 0 Å². The molecule has 0 aliphatic carbocycles. The van der Waals surface area contributed by atoms with Crippen LogP contribution >= 0.6 is 0 Å². The molecule has 0 spiro atoms. The number of guanidine groups is 1. The Labute approximate surface area is 159 Å². The van der Waals surface area contributed by atoms with E-state index in [2.05, 4.69) is 49.4 Å². The van der Waals surface area contributed by atoms with Crippen molar-refractivity contribution in [2.75, 3.05) is 20.2 Å². The standard InChI is InChI=1S/C21H25N5O/c1-22-21(24-11-13-27-20-8-3-2-4-9-20)25-15-18-6-5-7-19(14-18)16-26-12-10-23-17-26/h2-10,12,14,17H,11,13,15-16H2,1H3,(H2,22,24,25). The molecule has 0 saturated carbocycles. The van der Waals surface area contributed by atoms with Gasteiger partial charge in [0.1, 0.15) is 12.4 Å². The molecule has 2 N–H and O–H groups in total. The number of rotatable bonds is 8. The van der Waals surface area contributed by atoms with E-state index >= 15 is 0 Å². The van der Waals surface area contributed by atoms with E-state index in [1.54, 1.807) is 13.2 Å². The summed E-state index contributed by atoms with van der Waals surface area (Å²) in [5.41, 5.74) is 2.45. The second-order valence-electron chi connectivity index (χ2n) is 6.07. The highest BCUT2D eigenvalue weighted by molar-refractivity contribution is 5.79. The Morgan fingerprint density at radius 1 is 1.07 bits per heavy atom. The third-order valence-electron chi connectivity index (χ3n) is 4.01. The van der Waals surface area contributed by atoms with Crippen LogP contribution in [0.4, 0.5) is 0 Å². The molecule has 3 aromatic rings. The lowest BCUT2D eigenvalue weighted by Crippen LogP contribution is -2.38. The van der Waals surface area contributed by atoms with E-state index in [0.717, 1.165) is 18.3 Å². The molecule has 2 aromatic carbocycles. The first kappa shape index (κ1) is 18.5. The predicted octanol–water partition coefficient (Wildman–Crippen LogP) is 2.68. The molecular weight excluding hydrogens is 338 g/mol. The molecule has 0 atom stereocenters. The first-order valence-corrected chi connectivity index (χ1v) is 8.99. The monoisotopic (exact) mass is 363 g/mol. The second kappa shape index (κ2) is 10.0. The summed E-state index contributed by atoms with van der Waals surface area (Å²) in [5, 5.41) is 6.60. The van der Waals surface area contributed by atoms with Gasteiger partial charge in [0.15, 0.2) is 5.96 Å². The van der Waals surface area contributed by atoms with Crippen LogP contribution in [0.2, 0.25) is 0 Å². The van der Waals surface area contributed by atoms with Crippen LogP contribution in [-0.2, 0) is 13.1 Å². The number of ether oxygens (including phenoxy) is 1. The van der Waals surface area contributed by atoms with Gasteiger partial charge < -0.3 is 19.9 Å². The molecule has 0 aliphatic rings. The number of benzene rings is 2. The van der Waals surface area contributed by atoms with Crippen LogP contribution in [0.15, 0.2) is 78.3 Å². The number of imidazole rings is 1. The zero-order valence-electron chi connectivity index (χ0n) is 15.5. The van der Waals surface area contributed by atoms with Crippen molar-refractivity contribution in [3.05, 3.63) is 84.4 Å². The van der Waals surface area contributed by atoms with Gasteiger partial charge in [-0.2, -0.15) is 0 Å². The van der Waals surface area contributed by atoms with Gasteiger partial charge in [-0.1, -0.05) is 42.5 Å². The van der Waals surface area contributed by atoms with Crippen molar-refractivity contribution < 1.29 is 4.74 Å². The summed E-state index contributed by atoms with van der Waals surface area (Å²) in [6, 6.07) is 18.3. The van der Waals surface area contributed by atoms with Crippen molar-refractivity contribution in [3.63, 3.8) is 0 Å². The van der Waals surface area contributed by atoms with E-state index in [1.165, 1.54) is 11.1 Å². The zero-order valence-corrected chi connectivity index (χ0v) is 15.5. The lowest BCUT2D eigenvalue weighted by Gasteiger charge is -2.13. The van der Waals surface area contributed by atoms with Gasteiger partial charge in [0, 0.05) is 32.5 Å². The summed E-state index contributed by atoms with van der Waals surface area (Å²) in [6.45, 7) is 2.77. The van der Waals surface area contributed by atoms with Gasteiger partial charge in [0.05, 0.1) is 12.9 Å². The van der Waals surface area contributed by atoms with Crippen molar-refractivity contribution in [1.29, 1.82) is 0 Å². The van der Waals surface area contributed by atoms with Gasteiger partial charge in [-0.05, 0) is 23.3 Å². The number of para-hydroxylation sites is 1. The average Bonchev–Trinajstić information content (AvgIpc) is 3.21. The van der Waals surface area contributed by atoms with Crippen LogP contribution in [0, 0.1) is 0 Å². The summed E-state index contributed by atoms with van der Waals surface area (Å²) >= 11 is 0. The molecule has 6 heteroatoms. The number of hydrogen-bond donors (Lipinski definition) is 2. The molecule has 0 radical (unpaired) electrons. The third kappa shape index (κ3) is 6.18. The maximum absolute atomic E-state index is 5.68. The van der Waals surface area contributed by atoms with Crippen LogP contribution in [0.5, 0.6) is 5.75 Å². The number of aliphatic imine (C=N–C) groups is 1. The molecule has 1 aromatic heterocycles. The van der Waals surface area contributed by atoms with Crippen molar-refractivity contribution in [1.82, 2.24) is 20.2 Å². The summed E-state index contributed by atoms with van der Waals surface area (Å²) < 4.78 is 7.73. The van der Waals surface area contributed by atoms with Gasteiger partial charge in [-0.3, -0.25) is 4.99 Å². The van der Waals surface area contributed by atoms with Crippen LogP contribution in [0.3, 0.4) is 0 Å². The van der Waals surface area contributed by atoms with Gasteiger partial charge in [0.2, 0.25) is 0 Å². The average molecular weight is 363 g/mol. The fraction of sp³-hybridized carbons (Fsp3) is 0.238. The van der Waals surface area contributed by atoms with E-state index in [4.69, 9.17) is 4.74 Å². The van der Waals surface area contributed by atoms with E-state index in [0.29, 0.717) is 19.7 Å². The summed E-state index contributed by atoms with van der Waals surface area (Å²) in [4.78, 5) is 8.34. The fourth-order valence-corrected chi connectivity index (χ4v) is 2.69. The van der Waals surface area contributed by atoms with Crippen molar-refractivity contribution in [2.24, 2.45) is 4.99 Å². The number of hydrogen-bond acceptors (Lipinski definition) is 3. The third-order valence-corrected chi connectivity index (χ3v) is 4.01. The van der Waals surface area contributed by atoms with Crippen LogP contribution < -0.4 is 15.4 Å². The second-order valence-corrected chi connectivity index (χ2v) is 6.07.